The number of hydrogen-bond acceptors (Lipinski definition) is 3. The van der Waals surface area contributed by atoms with Gasteiger partial charge in [-0.25, -0.2) is 0 Å². The predicted octanol–water partition coefficient (Wildman–Crippen LogP) is 2.40. The third kappa shape index (κ3) is 5.15. The molecule has 1 aromatic heterocycles. The zero-order valence-electron chi connectivity index (χ0n) is 13.1. The molecule has 0 spiro atoms. The predicted molar refractivity (Wildman–Crippen MR) is 94.1 cm³/mol. The summed E-state index contributed by atoms with van der Waals surface area (Å²) in [4.78, 5) is 8.62. The molecule has 0 saturated heterocycles. The number of rotatable bonds is 4. The monoisotopic (exact) mass is 392 g/mol. The van der Waals surface area contributed by atoms with Crippen LogP contribution in [0, 0.1) is 13.8 Å². The van der Waals surface area contributed by atoms with E-state index in [2.05, 4.69) is 34.5 Å². The van der Waals surface area contributed by atoms with Crippen molar-refractivity contribution in [2.24, 2.45) is 4.99 Å². The van der Waals surface area contributed by atoms with E-state index in [0.29, 0.717) is 12.6 Å². The van der Waals surface area contributed by atoms with E-state index in [-0.39, 0.29) is 24.0 Å². The van der Waals surface area contributed by atoms with Crippen molar-refractivity contribution in [3.8, 4) is 5.75 Å². The summed E-state index contributed by atoms with van der Waals surface area (Å²) in [5.41, 5.74) is 3.08. The molecule has 1 aromatic rings. The second-order valence-corrected chi connectivity index (χ2v) is 4.77. The van der Waals surface area contributed by atoms with E-state index in [1.165, 1.54) is 0 Å². The van der Waals surface area contributed by atoms with E-state index in [1.807, 2.05) is 20.0 Å². The van der Waals surface area contributed by atoms with E-state index < -0.39 is 0 Å². The Bertz CT molecular complexity index is 461. The summed E-state index contributed by atoms with van der Waals surface area (Å²) >= 11 is 0. The van der Waals surface area contributed by atoms with E-state index in [9.17, 15) is 0 Å². The number of methoxy groups -OCH3 is 1. The van der Waals surface area contributed by atoms with Gasteiger partial charge in [-0.15, -0.1) is 24.0 Å². The molecule has 1 heterocycles. The number of nitrogens with one attached hydrogen (secondary N) is 2. The van der Waals surface area contributed by atoms with Gasteiger partial charge in [-0.1, -0.05) is 0 Å². The summed E-state index contributed by atoms with van der Waals surface area (Å²) < 4.78 is 5.40. The van der Waals surface area contributed by atoms with Crippen LogP contribution in [0.25, 0.3) is 0 Å². The minimum absolute atomic E-state index is 0. The highest BCUT2D eigenvalue weighted by atomic mass is 127. The van der Waals surface area contributed by atoms with Crippen LogP contribution >= 0.6 is 24.0 Å². The zero-order valence-corrected chi connectivity index (χ0v) is 15.4. The van der Waals surface area contributed by atoms with Gasteiger partial charge in [0.2, 0.25) is 0 Å². The number of nitrogens with zero attached hydrogens (tertiary/aromatic N) is 2. The molecule has 0 atom stereocenters. The topological polar surface area (TPSA) is 58.5 Å². The summed E-state index contributed by atoms with van der Waals surface area (Å²) in [6.45, 7) is 8.79. The fraction of sp³-hybridized carbons (Fsp3) is 0.571. The molecule has 0 aromatic carbocycles. The van der Waals surface area contributed by atoms with Crippen molar-refractivity contribution in [2.75, 3.05) is 14.2 Å². The van der Waals surface area contributed by atoms with Gasteiger partial charge < -0.3 is 15.4 Å². The Morgan fingerprint density at radius 2 is 2.05 bits per heavy atom. The first-order valence-corrected chi connectivity index (χ1v) is 6.45. The summed E-state index contributed by atoms with van der Waals surface area (Å²) in [6.07, 6.45) is 1.83. The Hall–Kier alpha value is -1.05. The first-order valence-electron chi connectivity index (χ1n) is 6.45. The Balaban J connectivity index is 0.00000361. The maximum Gasteiger partial charge on any atom is 0.191 e. The minimum Gasteiger partial charge on any atom is -0.496 e. The van der Waals surface area contributed by atoms with Gasteiger partial charge in [0, 0.05) is 30.4 Å². The molecule has 1 rings (SSSR count). The molecule has 0 aliphatic heterocycles. The smallest absolute Gasteiger partial charge is 0.191 e. The maximum absolute atomic E-state index is 5.40. The SMILES string of the molecule is CN=C(NCc1ncc(C)c(OC)c1C)NC(C)C.I. The summed E-state index contributed by atoms with van der Waals surface area (Å²) in [6, 6.07) is 0.341. The molecule has 0 saturated carbocycles. The van der Waals surface area contributed by atoms with Crippen LogP contribution in [0.1, 0.15) is 30.7 Å². The van der Waals surface area contributed by atoms with Crippen molar-refractivity contribution in [3.63, 3.8) is 0 Å². The van der Waals surface area contributed by atoms with Crippen molar-refractivity contribution in [3.05, 3.63) is 23.0 Å². The van der Waals surface area contributed by atoms with Crippen LogP contribution < -0.4 is 15.4 Å². The molecule has 114 valence electrons. The van der Waals surface area contributed by atoms with Crippen LogP contribution in [-0.2, 0) is 6.54 Å². The Morgan fingerprint density at radius 3 is 2.55 bits per heavy atom. The Labute approximate surface area is 138 Å². The third-order valence-corrected chi connectivity index (χ3v) is 2.82. The molecule has 0 fully saturated rings. The maximum atomic E-state index is 5.40. The molecule has 6 heteroatoms. The van der Waals surface area contributed by atoms with Crippen LogP contribution in [0.15, 0.2) is 11.2 Å². The highest BCUT2D eigenvalue weighted by Crippen LogP contribution is 2.23. The molecule has 0 radical (unpaired) electrons. The summed E-state index contributed by atoms with van der Waals surface area (Å²) in [5, 5.41) is 6.49. The molecule has 5 nitrogen and oxygen atoms in total. The highest BCUT2D eigenvalue weighted by Gasteiger charge is 2.10. The van der Waals surface area contributed by atoms with Crippen LogP contribution in [0.2, 0.25) is 0 Å². The number of guanidine groups is 1. The van der Waals surface area contributed by atoms with Crippen molar-refractivity contribution in [1.82, 2.24) is 15.6 Å². The fourth-order valence-electron chi connectivity index (χ4n) is 1.88. The standard InChI is InChI=1S/C14H24N4O.HI/c1-9(2)18-14(15-5)17-8-12-11(4)13(19-6)10(3)7-16-12;/h7,9H,8H2,1-6H3,(H2,15,17,18);1H. The molecular formula is C14H25IN4O. The molecule has 2 N–H and O–H groups in total. The van der Waals surface area contributed by atoms with Gasteiger partial charge in [-0.2, -0.15) is 0 Å². The van der Waals surface area contributed by atoms with E-state index in [0.717, 1.165) is 28.5 Å². The van der Waals surface area contributed by atoms with Gasteiger partial charge in [0.1, 0.15) is 5.75 Å². The van der Waals surface area contributed by atoms with Gasteiger partial charge in [-0.05, 0) is 27.7 Å². The van der Waals surface area contributed by atoms with Crippen LogP contribution in [-0.4, -0.2) is 31.1 Å². The number of aliphatic imine (C=N–C) groups is 1. The lowest BCUT2D eigenvalue weighted by Gasteiger charge is -2.16. The number of hydrogen-bond donors (Lipinski definition) is 2. The van der Waals surface area contributed by atoms with Crippen LogP contribution in [0.4, 0.5) is 0 Å². The van der Waals surface area contributed by atoms with Gasteiger partial charge >= 0.3 is 0 Å². The van der Waals surface area contributed by atoms with E-state index in [1.54, 1.807) is 14.2 Å². The van der Waals surface area contributed by atoms with Gasteiger partial charge in [0.05, 0.1) is 19.3 Å². The number of ether oxygens (including phenoxy) is 1. The number of aryl methyl sites for hydroxylation is 1. The normalized spacial score (nSPS) is 11.1. The summed E-state index contributed by atoms with van der Waals surface area (Å²) in [7, 11) is 3.44. The first-order chi connectivity index (χ1) is 8.99. The largest absolute Gasteiger partial charge is 0.496 e. The highest BCUT2D eigenvalue weighted by molar-refractivity contribution is 14.0. The Morgan fingerprint density at radius 1 is 1.40 bits per heavy atom. The average Bonchev–Trinajstić information content (AvgIpc) is 2.36. The lowest BCUT2D eigenvalue weighted by Crippen LogP contribution is -2.40. The van der Waals surface area contributed by atoms with E-state index in [4.69, 9.17) is 4.74 Å². The van der Waals surface area contributed by atoms with Gasteiger partial charge in [0.25, 0.3) is 0 Å². The van der Waals surface area contributed by atoms with Crippen molar-refractivity contribution in [1.29, 1.82) is 0 Å². The molecule has 0 amide bonds. The Kier molecular flexibility index (Phi) is 8.52. The molecule has 20 heavy (non-hydrogen) atoms. The molecule has 0 aliphatic rings. The third-order valence-electron chi connectivity index (χ3n) is 2.82. The van der Waals surface area contributed by atoms with E-state index >= 15 is 0 Å². The minimum atomic E-state index is 0. The molecular weight excluding hydrogens is 367 g/mol. The van der Waals surface area contributed by atoms with Crippen molar-refractivity contribution < 1.29 is 4.74 Å². The zero-order chi connectivity index (χ0) is 14.4. The lowest BCUT2D eigenvalue weighted by atomic mass is 10.1. The first kappa shape index (κ1) is 18.9. The van der Waals surface area contributed by atoms with Crippen molar-refractivity contribution >= 4 is 29.9 Å². The second kappa shape index (κ2) is 8.99. The number of aromatic nitrogens is 1. The quantitative estimate of drug-likeness (QED) is 0.470. The number of halogens is 1. The van der Waals surface area contributed by atoms with Gasteiger partial charge in [0.15, 0.2) is 5.96 Å². The van der Waals surface area contributed by atoms with Gasteiger partial charge in [-0.3, -0.25) is 9.98 Å². The lowest BCUT2D eigenvalue weighted by molar-refractivity contribution is 0.406. The molecule has 0 bridgehead atoms. The van der Waals surface area contributed by atoms with Crippen LogP contribution in [0.5, 0.6) is 5.75 Å². The fourth-order valence-corrected chi connectivity index (χ4v) is 1.88. The summed E-state index contributed by atoms with van der Waals surface area (Å²) in [5.74, 6) is 1.68. The molecule has 0 aliphatic carbocycles. The van der Waals surface area contributed by atoms with Crippen molar-refractivity contribution in [2.45, 2.75) is 40.3 Å². The molecule has 0 unspecified atom stereocenters. The van der Waals surface area contributed by atoms with Crippen LogP contribution in [0.3, 0.4) is 0 Å². The average molecular weight is 392 g/mol. The second-order valence-electron chi connectivity index (χ2n) is 4.77. The number of pyridine rings is 1.